The Balaban J connectivity index is 1.99. The molecule has 0 saturated heterocycles. The number of ether oxygens (including phenoxy) is 3. The first-order valence-corrected chi connectivity index (χ1v) is 10.6. The summed E-state index contributed by atoms with van der Waals surface area (Å²) in [5.74, 6) is -0.287. The van der Waals surface area contributed by atoms with Crippen LogP contribution in [0.2, 0.25) is 5.02 Å². The number of nitrogens with two attached hydrogens (primary N) is 2. The third-order valence-corrected chi connectivity index (χ3v) is 5.16. The van der Waals surface area contributed by atoms with E-state index >= 15 is 0 Å². The van der Waals surface area contributed by atoms with Gasteiger partial charge in [0, 0.05) is 5.69 Å². The standard InChI is InChI=1S/C24H24ClN5O5/c1-33-18-12-15(23(27)31)19(21(35-3)20(18)34-2)22(26)28-14-9-10-16(25)17(11-14)30-24(32)29-13-7-5-4-6-8-13/h4-12H,1-3H3,(H2,26,28)(H2,27,31)(H2,29,30,32). The number of carbonyl (C=O) groups is 2. The minimum atomic E-state index is -0.770. The fourth-order valence-electron chi connectivity index (χ4n) is 3.28. The maximum absolute atomic E-state index is 12.4. The molecule has 6 N–H and O–H groups in total. The van der Waals surface area contributed by atoms with Crippen LogP contribution in [0, 0.1) is 0 Å². The Kier molecular flexibility index (Phi) is 8.00. The molecule has 0 saturated carbocycles. The van der Waals surface area contributed by atoms with Gasteiger partial charge in [0.15, 0.2) is 11.5 Å². The van der Waals surface area contributed by atoms with Crippen LogP contribution in [0.1, 0.15) is 15.9 Å². The Labute approximate surface area is 206 Å². The molecule has 0 aliphatic heterocycles. The zero-order chi connectivity index (χ0) is 25.5. The number of urea groups is 1. The zero-order valence-corrected chi connectivity index (χ0v) is 20.0. The van der Waals surface area contributed by atoms with Crippen molar-refractivity contribution in [3.05, 3.63) is 70.7 Å². The van der Waals surface area contributed by atoms with Crippen molar-refractivity contribution in [1.82, 2.24) is 0 Å². The molecule has 0 atom stereocenters. The molecule has 0 aromatic heterocycles. The molecule has 182 valence electrons. The average Bonchev–Trinajstić information content (AvgIpc) is 2.84. The summed E-state index contributed by atoms with van der Waals surface area (Å²) in [4.78, 5) is 28.9. The van der Waals surface area contributed by atoms with Crippen molar-refractivity contribution in [2.75, 3.05) is 32.0 Å². The van der Waals surface area contributed by atoms with E-state index in [9.17, 15) is 9.59 Å². The molecular weight excluding hydrogens is 474 g/mol. The van der Waals surface area contributed by atoms with Crippen molar-refractivity contribution in [3.8, 4) is 17.2 Å². The Bertz CT molecular complexity index is 1280. The van der Waals surface area contributed by atoms with Gasteiger partial charge in [-0.05, 0) is 36.4 Å². The number of carbonyl (C=O) groups excluding carboxylic acids is 2. The zero-order valence-electron chi connectivity index (χ0n) is 19.2. The van der Waals surface area contributed by atoms with Gasteiger partial charge in [0.2, 0.25) is 11.7 Å². The maximum atomic E-state index is 12.4. The lowest BCUT2D eigenvalue weighted by Gasteiger charge is -2.18. The van der Waals surface area contributed by atoms with E-state index in [1.165, 1.54) is 33.5 Å². The van der Waals surface area contributed by atoms with Gasteiger partial charge in [-0.15, -0.1) is 0 Å². The minimum Gasteiger partial charge on any atom is -0.493 e. The van der Waals surface area contributed by atoms with E-state index in [1.54, 1.807) is 36.4 Å². The quantitative estimate of drug-likeness (QED) is 0.271. The summed E-state index contributed by atoms with van der Waals surface area (Å²) in [5.41, 5.74) is 13.3. The van der Waals surface area contributed by atoms with Crippen molar-refractivity contribution in [1.29, 1.82) is 0 Å². The van der Waals surface area contributed by atoms with Crippen LogP contribution in [-0.2, 0) is 0 Å². The van der Waals surface area contributed by atoms with Gasteiger partial charge in [-0.2, -0.15) is 0 Å². The first kappa shape index (κ1) is 25.2. The highest BCUT2D eigenvalue weighted by molar-refractivity contribution is 6.34. The predicted octanol–water partition coefficient (Wildman–Crippen LogP) is 4.15. The number of aliphatic imine (C=N–C) groups is 1. The number of rotatable bonds is 8. The van der Waals surface area contributed by atoms with Crippen LogP contribution in [0.4, 0.5) is 21.9 Å². The topological polar surface area (TPSA) is 150 Å². The number of hydrogen-bond donors (Lipinski definition) is 4. The number of benzene rings is 3. The summed E-state index contributed by atoms with van der Waals surface area (Å²) in [5, 5.41) is 5.65. The second-order valence-electron chi connectivity index (χ2n) is 7.04. The molecule has 0 bridgehead atoms. The SMILES string of the molecule is COc1cc(C(N)=O)c(C(N)=Nc2ccc(Cl)c(NC(=O)Nc3ccccc3)c2)c(OC)c1OC. The molecule has 10 nitrogen and oxygen atoms in total. The van der Waals surface area contributed by atoms with Gasteiger partial charge < -0.3 is 36.3 Å². The lowest BCUT2D eigenvalue weighted by Crippen LogP contribution is -2.23. The van der Waals surface area contributed by atoms with Gasteiger partial charge in [0.1, 0.15) is 5.84 Å². The molecule has 3 aromatic rings. The minimum absolute atomic E-state index is 0.0234. The molecule has 0 aliphatic rings. The Morgan fingerprint density at radius 2 is 1.57 bits per heavy atom. The molecule has 0 unspecified atom stereocenters. The van der Waals surface area contributed by atoms with Crippen LogP contribution in [-0.4, -0.2) is 39.1 Å². The number of amidine groups is 1. The van der Waals surface area contributed by atoms with E-state index in [1.807, 2.05) is 6.07 Å². The number of amides is 3. The van der Waals surface area contributed by atoms with Gasteiger partial charge in [0.25, 0.3) is 0 Å². The van der Waals surface area contributed by atoms with Gasteiger partial charge in [-0.25, -0.2) is 9.79 Å². The van der Waals surface area contributed by atoms with Crippen molar-refractivity contribution in [2.45, 2.75) is 0 Å². The smallest absolute Gasteiger partial charge is 0.323 e. The number of primary amides is 1. The molecule has 35 heavy (non-hydrogen) atoms. The number of hydrogen-bond acceptors (Lipinski definition) is 6. The first-order valence-electron chi connectivity index (χ1n) is 10.2. The lowest BCUT2D eigenvalue weighted by molar-refractivity contribution is 0.0999. The summed E-state index contributed by atoms with van der Waals surface area (Å²) in [6, 6.07) is 14.5. The third kappa shape index (κ3) is 5.74. The van der Waals surface area contributed by atoms with E-state index < -0.39 is 11.9 Å². The molecule has 0 fully saturated rings. The van der Waals surface area contributed by atoms with Gasteiger partial charge in [-0.1, -0.05) is 29.8 Å². The molecule has 11 heteroatoms. The van der Waals surface area contributed by atoms with Crippen molar-refractivity contribution >= 4 is 46.4 Å². The summed E-state index contributed by atoms with van der Waals surface area (Å²) >= 11 is 6.25. The molecular formula is C24H24ClN5O5. The second kappa shape index (κ2) is 11.1. The van der Waals surface area contributed by atoms with Crippen LogP contribution >= 0.6 is 11.6 Å². The molecule has 0 spiro atoms. The summed E-state index contributed by atoms with van der Waals surface area (Å²) in [7, 11) is 4.21. The van der Waals surface area contributed by atoms with Crippen LogP contribution < -0.4 is 36.3 Å². The van der Waals surface area contributed by atoms with Crippen LogP contribution in [0.15, 0.2) is 59.6 Å². The fraction of sp³-hybridized carbons (Fsp3) is 0.125. The number of anilines is 2. The van der Waals surface area contributed by atoms with Crippen LogP contribution in [0.3, 0.4) is 0 Å². The molecule has 0 aliphatic carbocycles. The predicted molar refractivity (Wildman–Crippen MR) is 136 cm³/mol. The highest BCUT2D eigenvalue weighted by Gasteiger charge is 2.25. The molecule has 3 amide bonds. The van der Waals surface area contributed by atoms with Gasteiger partial charge >= 0.3 is 6.03 Å². The summed E-state index contributed by atoms with van der Waals surface area (Å²) in [6.45, 7) is 0. The van der Waals surface area contributed by atoms with Crippen molar-refractivity contribution < 1.29 is 23.8 Å². The lowest BCUT2D eigenvalue weighted by atomic mass is 10.0. The number of halogens is 1. The van der Waals surface area contributed by atoms with Crippen molar-refractivity contribution in [2.24, 2.45) is 16.5 Å². The van der Waals surface area contributed by atoms with E-state index in [0.29, 0.717) is 17.1 Å². The molecule has 0 radical (unpaired) electrons. The third-order valence-electron chi connectivity index (χ3n) is 4.83. The van der Waals surface area contributed by atoms with Gasteiger partial charge in [-0.3, -0.25) is 4.79 Å². The Morgan fingerprint density at radius 1 is 0.886 bits per heavy atom. The monoisotopic (exact) mass is 497 g/mol. The molecule has 3 aromatic carbocycles. The largest absolute Gasteiger partial charge is 0.493 e. The van der Waals surface area contributed by atoms with Gasteiger partial charge in [0.05, 0.1) is 48.9 Å². The second-order valence-corrected chi connectivity index (χ2v) is 7.45. The molecule has 0 heterocycles. The van der Waals surface area contributed by atoms with E-state index in [4.69, 9.17) is 37.3 Å². The number of nitrogens with zero attached hydrogens (tertiary/aromatic N) is 1. The summed E-state index contributed by atoms with van der Waals surface area (Å²) in [6.07, 6.45) is 0. The number of para-hydroxylation sites is 1. The molecule has 3 rings (SSSR count). The fourth-order valence-corrected chi connectivity index (χ4v) is 3.45. The maximum Gasteiger partial charge on any atom is 0.323 e. The van der Waals surface area contributed by atoms with E-state index in [0.717, 1.165) is 0 Å². The Morgan fingerprint density at radius 3 is 2.17 bits per heavy atom. The number of methoxy groups -OCH3 is 3. The average molecular weight is 498 g/mol. The van der Waals surface area contributed by atoms with Crippen LogP contribution in [0.25, 0.3) is 0 Å². The highest BCUT2D eigenvalue weighted by atomic mass is 35.5. The van der Waals surface area contributed by atoms with E-state index in [-0.39, 0.29) is 39.2 Å². The first-order chi connectivity index (χ1) is 16.8. The van der Waals surface area contributed by atoms with E-state index in [2.05, 4.69) is 15.6 Å². The highest BCUT2D eigenvalue weighted by Crippen LogP contribution is 2.42. The van der Waals surface area contributed by atoms with Crippen LogP contribution in [0.5, 0.6) is 17.2 Å². The van der Waals surface area contributed by atoms with Crippen molar-refractivity contribution in [3.63, 3.8) is 0 Å². The summed E-state index contributed by atoms with van der Waals surface area (Å²) < 4.78 is 16.1. The number of nitrogens with one attached hydrogen (secondary N) is 2. The Hall–Kier alpha value is -4.44. The normalized spacial score (nSPS) is 10.9.